The third kappa shape index (κ3) is 4.97. The Morgan fingerprint density at radius 1 is 0.882 bits per heavy atom. The lowest BCUT2D eigenvalue weighted by Crippen LogP contribution is -2.30. The summed E-state index contributed by atoms with van der Waals surface area (Å²) in [7, 11) is 0. The third-order valence-electron chi connectivity index (χ3n) is 5.50. The number of halogens is 1. The Morgan fingerprint density at radius 2 is 1.59 bits per heavy atom. The molecule has 2 amide bonds. The summed E-state index contributed by atoms with van der Waals surface area (Å²) in [5, 5.41) is 5.00. The van der Waals surface area contributed by atoms with E-state index in [1.54, 1.807) is 47.4 Å². The van der Waals surface area contributed by atoms with Crippen LogP contribution in [0.15, 0.2) is 89.4 Å². The number of nitrogens with zero attached hydrogens (tertiary/aromatic N) is 1. The Morgan fingerprint density at radius 3 is 2.29 bits per heavy atom. The molecule has 0 spiro atoms. The molecule has 172 valence electrons. The van der Waals surface area contributed by atoms with Crippen molar-refractivity contribution >= 4 is 49.9 Å². The van der Waals surface area contributed by atoms with Crippen LogP contribution in [0.1, 0.15) is 34.6 Å². The molecular formula is C28H25BrN2O3. The Balaban J connectivity index is 1.51. The summed E-state index contributed by atoms with van der Waals surface area (Å²) in [4.78, 5) is 27.8. The minimum absolute atomic E-state index is 0.0906. The van der Waals surface area contributed by atoms with Crippen molar-refractivity contribution in [2.24, 2.45) is 0 Å². The topological polar surface area (TPSA) is 58.6 Å². The van der Waals surface area contributed by atoms with Gasteiger partial charge in [-0.3, -0.25) is 9.59 Å². The number of carbonyl (C=O) groups excluding carboxylic acids is 2. The van der Waals surface area contributed by atoms with Gasteiger partial charge >= 0.3 is 0 Å². The molecule has 0 atom stereocenters. The molecule has 0 heterocycles. The van der Waals surface area contributed by atoms with Gasteiger partial charge in [-0.1, -0.05) is 36.4 Å². The van der Waals surface area contributed by atoms with Crippen LogP contribution in [0, 0.1) is 0 Å². The van der Waals surface area contributed by atoms with Gasteiger partial charge in [0, 0.05) is 28.7 Å². The second-order valence-corrected chi connectivity index (χ2v) is 8.51. The molecule has 0 unspecified atom stereocenters. The van der Waals surface area contributed by atoms with Crippen LogP contribution >= 0.6 is 15.9 Å². The molecule has 0 radical (unpaired) electrons. The van der Waals surface area contributed by atoms with Crippen molar-refractivity contribution in [3.63, 3.8) is 0 Å². The van der Waals surface area contributed by atoms with Crippen LogP contribution in [0.3, 0.4) is 0 Å². The van der Waals surface area contributed by atoms with E-state index in [2.05, 4.69) is 21.2 Å². The lowest BCUT2D eigenvalue weighted by Gasteiger charge is -2.23. The van der Waals surface area contributed by atoms with Crippen LogP contribution in [-0.2, 0) is 0 Å². The molecule has 0 aromatic heterocycles. The number of anilines is 2. The summed E-state index contributed by atoms with van der Waals surface area (Å²) in [5.74, 6) is 0.356. The smallest absolute Gasteiger partial charge is 0.258 e. The lowest BCUT2D eigenvalue weighted by atomic mass is 10.1. The van der Waals surface area contributed by atoms with Crippen molar-refractivity contribution in [1.29, 1.82) is 0 Å². The summed E-state index contributed by atoms with van der Waals surface area (Å²) < 4.78 is 6.21. The molecular weight excluding hydrogens is 492 g/mol. The van der Waals surface area contributed by atoms with Crippen LogP contribution in [-0.4, -0.2) is 25.0 Å². The molecule has 4 aromatic carbocycles. The second-order valence-electron chi connectivity index (χ2n) is 7.66. The number of hydrogen-bond acceptors (Lipinski definition) is 3. The fourth-order valence-corrected chi connectivity index (χ4v) is 4.33. The number of ether oxygens (including phenoxy) is 1. The Labute approximate surface area is 207 Å². The largest absolute Gasteiger partial charge is 0.493 e. The van der Waals surface area contributed by atoms with E-state index < -0.39 is 0 Å². The van der Waals surface area contributed by atoms with Crippen molar-refractivity contribution in [1.82, 2.24) is 0 Å². The maximum absolute atomic E-state index is 13.3. The van der Waals surface area contributed by atoms with Gasteiger partial charge in [0.15, 0.2) is 0 Å². The van der Waals surface area contributed by atoms with E-state index >= 15 is 0 Å². The maximum atomic E-state index is 13.3. The predicted molar refractivity (Wildman–Crippen MR) is 141 cm³/mol. The van der Waals surface area contributed by atoms with Crippen LogP contribution in [0.25, 0.3) is 10.8 Å². The summed E-state index contributed by atoms with van der Waals surface area (Å²) in [6, 6.07) is 26.2. The highest BCUT2D eigenvalue weighted by atomic mass is 79.9. The Bertz CT molecular complexity index is 1330. The minimum atomic E-state index is -0.242. The van der Waals surface area contributed by atoms with Crippen molar-refractivity contribution in [3.8, 4) is 5.75 Å². The van der Waals surface area contributed by atoms with Crippen molar-refractivity contribution < 1.29 is 14.3 Å². The summed E-state index contributed by atoms with van der Waals surface area (Å²) in [6.07, 6.45) is 0. The van der Waals surface area contributed by atoms with Gasteiger partial charge in [-0.05, 0) is 83.7 Å². The van der Waals surface area contributed by atoms with Gasteiger partial charge < -0.3 is 15.0 Å². The van der Waals surface area contributed by atoms with E-state index in [-0.39, 0.29) is 11.8 Å². The fraction of sp³-hybridized carbons (Fsp3) is 0.143. The second kappa shape index (κ2) is 10.5. The van der Waals surface area contributed by atoms with Gasteiger partial charge in [0.2, 0.25) is 0 Å². The van der Waals surface area contributed by atoms with Gasteiger partial charge in [-0.2, -0.15) is 0 Å². The minimum Gasteiger partial charge on any atom is -0.493 e. The SMILES string of the molecule is CCOc1ccc(C(=O)Nc2ccc(C(=O)N(CC)c3cccc4ccccc34)cc2)cc1Br. The number of carbonyl (C=O) groups is 2. The molecule has 0 bridgehead atoms. The van der Waals surface area contributed by atoms with Gasteiger partial charge in [0.05, 0.1) is 16.8 Å². The first-order valence-corrected chi connectivity index (χ1v) is 11.9. The molecule has 5 nitrogen and oxygen atoms in total. The standard InChI is InChI=1S/C28H25BrN2O3/c1-3-31(25-11-7-9-19-8-5-6-10-23(19)25)28(33)20-12-15-22(16-13-20)30-27(32)21-14-17-26(34-4-2)24(29)18-21/h5-18H,3-4H2,1-2H3,(H,30,32). The normalized spacial score (nSPS) is 10.7. The Hall–Kier alpha value is -3.64. The molecule has 0 aliphatic rings. The quantitative estimate of drug-likeness (QED) is 0.290. The van der Waals surface area contributed by atoms with E-state index in [1.807, 2.05) is 56.3 Å². The monoisotopic (exact) mass is 516 g/mol. The van der Waals surface area contributed by atoms with Crippen molar-refractivity contribution in [3.05, 3.63) is 101 Å². The summed E-state index contributed by atoms with van der Waals surface area (Å²) >= 11 is 3.43. The molecule has 0 saturated heterocycles. The molecule has 1 N–H and O–H groups in total. The summed E-state index contributed by atoms with van der Waals surface area (Å²) in [6.45, 7) is 4.95. The highest BCUT2D eigenvalue weighted by molar-refractivity contribution is 9.10. The number of fused-ring (bicyclic) bond motifs is 1. The lowest BCUT2D eigenvalue weighted by molar-refractivity contribution is 0.0987. The van der Waals surface area contributed by atoms with Crippen LogP contribution in [0.4, 0.5) is 11.4 Å². The summed E-state index contributed by atoms with van der Waals surface area (Å²) in [5.41, 5.74) is 2.55. The number of amides is 2. The van der Waals surface area contributed by atoms with Crippen LogP contribution < -0.4 is 15.0 Å². The van der Waals surface area contributed by atoms with Crippen molar-refractivity contribution in [2.75, 3.05) is 23.4 Å². The highest BCUT2D eigenvalue weighted by Gasteiger charge is 2.18. The number of hydrogen-bond donors (Lipinski definition) is 1. The number of rotatable bonds is 7. The molecule has 34 heavy (non-hydrogen) atoms. The van der Waals surface area contributed by atoms with Gasteiger partial charge in [0.1, 0.15) is 5.75 Å². The van der Waals surface area contributed by atoms with Gasteiger partial charge in [-0.15, -0.1) is 0 Å². The zero-order valence-corrected chi connectivity index (χ0v) is 20.6. The average Bonchev–Trinajstić information content (AvgIpc) is 2.86. The molecule has 4 rings (SSSR count). The molecule has 6 heteroatoms. The fourth-order valence-electron chi connectivity index (χ4n) is 3.84. The van der Waals surface area contributed by atoms with Crippen molar-refractivity contribution in [2.45, 2.75) is 13.8 Å². The predicted octanol–water partition coefficient (Wildman–Crippen LogP) is 6.92. The van der Waals surface area contributed by atoms with E-state index in [0.29, 0.717) is 35.7 Å². The van der Waals surface area contributed by atoms with E-state index in [0.717, 1.165) is 20.9 Å². The average molecular weight is 517 g/mol. The van der Waals surface area contributed by atoms with Crippen LogP contribution in [0.5, 0.6) is 5.75 Å². The van der Waals surface area contributed by atoms with E-state index in [1.165, 1.54) is 0 Å². The first-order valence-electron chi connectivity index (χ1n) is 11.1. The Kier molecular flexibility index (Phi) is 7.28. The number of nitrogens with one attached hydrogen (secondary N) is 1. The van der Waals surface area contributed by atoms with E-state index in [9.17, 15) is 9.59 Å². The molecule has 0 fully saturated rings. The molecule has 0 aliphatic heterocycles. The first kappa shape index (κ1) is 23.5. The first-order chi connectivity index (χ1) is 16.5. The van der Waals surface area contributed by atoms with E-state index in [4.69, 9.17) is 4.74 Å². The van der Waals surface area contributed by atoms with Gasteiger partial charge in [0.25, 0.3) is 11.8 Å². The molecule has 0 saturated carbocycles. The zero-order valence-electron chi connectivity index (χ0n) is 19.0. The van der Waals surface area contributed by atoms with Crippen LogP contribution in [0.2, 0.25) is 0 Å². The zero-order chi connectivity index (χ0) is 24.1. The molecule has 4 aromatic rings. The maximum Gasteiger partial charge on any atom is 0.258 e. The van der Waals surface area contributed by atoms with Gasteiger partial charge in [-0.25, -0.2) is 0 Å². The third-order valence-corrected chi connectivity index (χ3v) is 6.12. The number of benzene rings is 4. The highest BCUT2D eigenvalue weighted by Crippen LogP contribution is 2.29. The molecule has 0 aliphatic carbocycles.